The van der Waals surface area contributed by atoms with Crippen LogP contribution in [0.25, 0.3) is 0 Å². The van der Waals surface area contributed by atoms with Crippen LogP contribution in [0.3, 0.4) is 0 Å². The average molecular weight is 464 g/mol. The van der Waals surface area contributed by atoms with E-state index in [9.17, 15) is 22.8 Å². The molecule has 1 saturated heterocycles. The summed E-state index contributed by atoms with van der Waals surface area (Å²) in [6.07, 6.45) is -2.45. The fraction of sp³-hybridized carbons (Fsp3) is 0.619. The first-order valence-corrected chi connectivity index (χ1v) is 11.0. The van der Waals surface area contributed by atoms with E-state index in [4.69, 9.17) is 14.2 Å². The van der Waals surface area contributed by atoms with Gasteiger partial charge in [-0.25, -0.2) is 0 Å². The number of halogens is 3. The highest BCUT2D eigenvalue weighted by Gasteiger charge is 2.35. The summed E-state index contributed by atoms with van der Waals surface area (Å²) in [6.45, 7) is 5.96. The summed E-state index contributed by atoms with van der Waals surface area (Å²) in [5, 5.41) is 2.86. The predicted molar refractivity (Wildman–Crippen MR) is 110 cm³/mol. The Morgan fingerprint density at radius 1 is 1.26 bits per heavy atom. The topological polar surface area (TPSA) is 73.9 Å². The molecule has 1 amide bonds. The van der Waals surface area contributed by atoms with Gasteiger partial charge in [-0.05, 0) is 45.6 Å². The number of thioether (sulfide) groups is 1. The van der Waals surface area contributed by atoms with E-state index in [0.29, 0.717) is 13.0 Å². The van der Waals surface area contributed by atoms with Crippen molar-refractivity contribution < 1.29 is 37.0 Å². The van der Waals surface area contributed by atoms with Gasteiger partial charge in [0.15, 0.2) is 0 Å². The molecular weight excluding hydrogens is 435 g/mol. The third-order valence-electron chi connectivity index (χ3n) is 4.70. The predicted octanol–water partition coefficient (Wildman–Crippen LogP) is 4.30. The second-order valence-corrected chi connectivity index (χ2v) is 9.10. The van der Waals surface area contributed by atoms with Gasteiger partial charge < -0.3 is 19.5 Å². The third kappa shape index (κ3) is 7.03. The van der Waals surface area contributed by atoms with Crippen molar-refractivity contribution >= 4 is 23.6 Å². The molecule has 2 unspecified atom stereocenters. The molecule has 0 spiro atoms. The van der Waals surface area contributed by atoms with E-state index in [2.05, 4.69) is 5.32 Å². The van der Waals surface area contributed by atoms with Crippen LogP contribution in [0.5, 0.6) is 5.75 Å². The zero-order valence-electron chi connectivity index (χ0n) is 18.2. The van der Waals surface area contributed by atoms with Gasteiger partial charge in [0.25, 0.3) is 5.91 Å². The van der Waals surface area contributed by atoms with E-state index < -0.39 is 35.3 Å². The molecule has 2 atom stereocenters. The van der Waals surface area contributed by atoms with E-state index >= 15 is 0 Å². The lowest BCUT2D eigenvalue weighted by Gasteiger charge is -2.32. The van der Waals surface area contributed by atoms with Crippen molar-refractivity contribution in [2.45, 2.75) is 56.3 Å². The van der Waals surface area contributed by atoms with Crippen molar-refractivity contribution in [2.24, 2.45) is 5.92 Å². The number of nitrogens with one attached hydrogen (secondary N) is 1. The Morgan fingerprint density at radius 2 is 1.94 bits per heavy atom. The Balaban J connectivity index is 2.25. The SMILES string of the molecule is COc1cc(C(F)(F)F)cc(SC)c1C(=O)NC1CCOCC1CC(=O)OC(C)(C)C. The summed E-state index contributed by atoms with van der Waals surface area (Å²) in [5.74, 6) is -1.44. The molecule has 1 N–H and O–H groups in total. The van der Waals surface area contributed by atoms with E-state index in [1.54, 1.807) is 27.0 Å². The van der Waals surface area contributed by atoms with Crippen LogP contribution in [0, 0.1) is 5.92 Å². The fourth-order valence-corrected chi connectivity index (χ4v) is 3.97. The van der Waals surface area contributed by atoms with Gasteiger partial charge >= 0.3 is 12.1 Å². The molecule has 174 valence electrons. The normalized spacial score (nSPS) is 19.6. The maximum atomic E-state index is 13.2. The van der Waals surface area contributed by atoms with Crippen molar-refractivity contribution in [1.82, 2.24) is 5.32 Å². The van der Waals surface area contributed by atoms with Crippen LogP contribution < -0.4 is 10.1 Å². The molecule has 0 radical (unpaired) electrons. The number of carbonyl (C=O) groups excluding carboxylic acids is 2. The highest BCUT2D eigenvalue weighted by molar-refractivity contribution is 7.98. The molecule has 1 aromatic rings. The molecule has 0 saturated carbocycles. The molecule has 31 heavy (non-hydrogen) atoms. The minimum Gasteiger partial charge on any atom is -0.496 e. The lowest BCUT2D eigenvalue weighted by Crippen LogP contribution is -2.46. The van der Waals surface area contributed by atoms with Crippen molar-refractivity contribution in [3.8, 4) is 5.75 Å². The smallest absolute Gasteiger partial charge is 0.416 e. The van der Waals surface area contributed by atoms with E-state index in [0.717, 1.165) is 23.9 Å². The first kappa shape index (κ1) is 25.3. The van der Waals surface area contributed by atoms with Crippen molar-refractivity contribution in [2.75, 3.05) is 26.6 Å². The number of esters is 1. The van der Waals surface area contributed by atoms with Crippen LogP contribution in [0.1, 0.15) is 49.5 Å². The third-order valence-corrected chi connectivity index (χ3v) is 5.46. The first-order valence-electron chi connectivity index (χ1n) is 9.79. The molecule has 0 aliphatic carbocycles. The molecule has 0 bridgehead atoms. The Bertz CT molecular complexity index is 782. The van der Waals surface area contributed by atoms with Crippen molar-refractivity contribution in [1.29, 1.82) is 0 Å². The minimum atomic E-state index is -4.56. The lowest BCUT2D eigenvalue weighted by atomic mass is 9.92. The zero-order chi connectivity index (χ0) is 23.4. The molecule has 1 aliphatic rings. The average Bonchev–Trinajstić information content (AvgIpc) is 2.66. The molecular formula is C21H28F3NO5S. The maximum Gasteiger partial charge on any atom is 0.416 e. The molecule has 10 heteroatoms. The summed E-state index contributed by atoms with van der Waals surface area (Å²) < 4.78 is 55.5. The van der Waals surface area contributed by atoms with Crippen LogP contribution >= 0.6 is 11.8 Å². The quantitative estimate of drug-likeness (QED) is 0.501. The minimum absolute atomic E-state index is 0.0329. The Hall–Kier alpha value is -1.94. The van der Waals surface area contributed by atoms with E-state index in [1.807, 2.05) is 0 Å². The summed E-state index contributed by atoms with van der Waals surface area (Å²) in [7, 11) is 1.22. The molecule has 2 rings (SSSR count). The number of methoxy groups -OCH3 is 1. The number of hydrogen-bond donors (Lipinski definition) is 1. The summed E-state index contributed by atoms with van der Waals surface area (Å²) in [5.41, 5.74) is -1.49. The summed E-state index contributed by atoms with van der Waals surface area (Å²) >= 11 is 1.02. The monoisotopic (exact) mass is 463 g/mol. The molecule has 6 nitrogen and oxygen atoms in total. The van der Waals surface area contributed by atoms with E-state index in [1.165, 1.54) is 7.11 Å². The Morgan fingerprint density at radius 3 is 2.48 bits per heavy atom. The van der Waals surface area contributed by atoms with Crippen LogP contribution in [0.15, 0.2) is 17.0 Å². The van der Waals surface area contributed by atoms with Crippen molar-refractivity contribution in [3.05, 3.63) is 23.3 Å². The summed E-state index contributed by atoms with van der Waals surface area (Å²) in [4.78, 5) is 25.4. The number of alkyl halides is 3. The van der Waals surface area contributed by atoms with E-state index in [-0.39, 0.29) is 35.2 Å². The van der Waals surface area contributed by atoms with Gasteiger partial charge in [0.1, 0.15) is 11.4 Å². The highest BCUT2D eigenvalue weighted by atomic mass is 32.2. The van der Waals surface area contributed by atoms with Gasteiger partial charge in [0.05, 0.1) is 31.3 Å². The van der Waals surface area contributed by atoms with Crippen LogP contribution in [0.2, 0.25) is 0 Å². The van der Waals surface area contributed by atoms with Gasteiger partial charge in [-0.15, -0.1) is 11.8 Å². The second kappa shape index (κ2) is 10.1. The molecule has 1 heterocycles. The lowest BCUT2D eigenvalue weighted by molar-refractivity contribution is -0.157. The number of amides is 1. The molecule has 1 aromatic carbocycles. The van der Waals surface area contributed by atoms with Crippen LogP contribution in [-0.4, -0.2) is 50.1 Å². The molecule has 0 aromatic heterocycles. The highest BCUT2D eigenvalue weighted by Crippen LogP contribution is 2.38. The van der Waals surface area contributed by atoms with Crippen LogP contribution in [0.4, 0.5) is 13.2 Å². The van der Waals surface area contributed by atoms with Crippen LogP contribution in [-0.2, 0) is 20.4 Å². The Kier molecular flexibility index (Phi) is 8.27. The molecule has 1 fully saturated rings. The summed E-state index contributed by atoms with van der Waals surface area (Å²) in [6, 6.07) is 1.36. The number of carbonyl (C=O) groups is 2. The maximum absolute atomic E-state index is 13.2. The number of benzene rings is 1. The number of rotatable bonds is 6. The van der Waals surface area contributed by atoms with Gasteiger partial charge in [-0.1, -0.05) is 0 Å². The largest absolute Gasteiger partial charge is 0.496 e. The number of hydrogen-bond acceptors (Lipinski definition) is 6. The van der Waals surface area contributed by atoms with Gasteiger partial charge in [0, 0.05) is 23.5 Å². The first-order chi connectivity index (χ1) is 14.4. The second-order valence-electron chi connectivity index (χ2n) is 8.25. The Labute approximate surface area is 184 Å². The zero-order valence-corrected chi connectivity index (χ0v) is 19.0. The van der Waals surface area contributed by atoms with Gasteiger partial charge in [0.2, 0.25) is 0 Å². The number of ether oxygens (including phenoxy) is 3. The van der Waals surface area contributed by atoms with Gasteiger partial charge in [-0.2, -0.15) is 13.2 Å². The van der Waals surface area contributed by atoms with Gasteiger partial charge in [-0.3, -0.25) is 9.59 Å². The standard InChI is InChI=1S/C21H28F3NO5S/c1-20(2,3)30-17(26)8-12-11-29-7-6-14(12)25-19(27)18-15(28-4)9-13(21(22,23)24)10-16(18)31-5/h9-10,12,14H,6-8,11H2,1-5H3,(H,25,27). The fourth-order valence-electron chi connectivity index (χ4n) is 3.33. The van der Waals surface area contributed by atoms with Crippen molar-refractivity contribution in [3.63, 3.8) is 0 Å². The molecule has 1 aliphatic heterocycles.